The Morgan fingerprint density at radius 1 is 1.36 bits per heavy atom. The molecule has 2 aliphatic rings. The first-order chi connectivity index (χ1) is 6.61. The maximum atomic E-state index is 9.10. The minimum absolute atomic E-state index is 0.382. The van der Waals surface area contributed by atoms with E-state index in [9.17, 15) is 0 Å². The van der Waals surface area contributed by atoms with Gasteiger partial charge in [0.1, 0.15) is 0 Å². The van der Waals surface area contributed by atoms with Crippen LogP contribution in [0, 0.1) is 11.3 Å². The Kier molecular flexibility index (Phi) is 2.85. The maximum Gasteiger partial charge on any atom is 0.0471 e. The van der Waals surface area contributed by atoms with Crippen LogP contribution in [-0.4, -0.2) is 35.7 Å². The van der Waals surface area contributed by atoms with E-state index >= 15 is 0 Å². The van der Waals surface area contributed by atoms with Crippen LogP contribution in [-0.2, 0) is 0 Å². The van der Waals surface area contributed by atoms with Crippen molar-refractivity contribution in [2.45, 2.75) is 45.6 Å². The summed E-state index contributed by atoms with van der Waals surface area (Å²) in [5, 5.41) is 9.10. The molecule has 0 aromatic carbocycles. The summed E-state index contributed by atoms with van der Waals surface area (Å²) in [6, 6.07) is 0.807. The van der Waals surface area contributed by atoms with E-state index in [0.717, 1.165) is 12.6 Å². The predicted molar refractivity (Wildman–Crippen MR) is 58.2 cm³/mol. The Balaban J connectivity index is 1.86. The summed E-state index contributed by atoms with van der Waals surface area (Å²) in [6.07, 6.45) is 5.29. The molecule has 0 aromatic heterocycles. The molecule has 0 bridgehead atoms. The number of aliphatic hydroxyl groups is 1. The number of hydrogen-bond acceptors (Lipinski definition) is 2. The lowest BCUT2D eigenvalue weighted by Crippen LogP contribution is -2.32. The molecular formula is C12H23NO. The minimum Gasteiger partial charge on any atom is -0.396 e. The normalized spacial score (nSPS) is 37.9. The Labute approximate surface area is 87.3 Å². The van der Waals surface area contributed by atoms with Gasteiger partial charge < -0.3 is 5.11 Å². The van der Waals surface area contributed by atoms with Crippen molar-refractivity contribution < 1.29 is 5.11 Å². The predicted octanol–water partition coefficient (Wildman–Crippen LogP) is 1.88. The van der Waals surface area contributed by atoms with Crippen LogP contribution in [0.3, 0.4) is 0 Å². The van der Waals surface area contributed by atoms with Crippen molar-refractivity contribution in [3.05, 3.63) is 0 Å². The molecular weight excluding hydrogens is 174 g/mol. The van der Waals surface area contributed by atoms with Gasteiger partial charge in [0, 0.05) is 19.2 Å². The van der Waals surface area contributed by atoms with Crippen molar-refractivity contribution in [2.75, 3.05) is 19.7 Å². The molecule has 0 aromatic rings. The first-order valence-corrected chi connectivity index (χ1v) is 5.96. The second kappa shape index (κ2) is 3.82. The number of likely N-dealkylation sites (tertiary alicyclic amines) is 1. The van der Waals surface area contributed by atoms with Gasteiger partial charge in [0.15, 0.2) is 0 Å². The maximum absolute atomic E-state index is 9.10. The molecule has 1 heterocycles. The molecule has 0 spiro atoms. The van der Waals surface area contributed by atoms with Crippen LogP contribution in [0.4, 0.5) is 0 Å². The quantitative estimate of drug-likeness (QED) is 0.730. The van der Waals surface area contributed by atoms with Crippen LogP contribution in [0.15, 0.2) is 0 Å². The van der Waals surface area contributed by atoms with E-state index in [0.29, 0.717) is 17.9 Å². The van der Waals surface area contributed by atoms with E-state index in [1.165, 1.54) is 32.2 Å². The average Bonchev–Trinajstić information content (AvgIpc) is 2.70. The molecule has 1 aliphatic heterocycles. The van der Waals surface area contributed by atoms with Crippen molar-refractivity contribution in [3.8, 4) is 0 Å². The Bertz CT molecular complexity index is 202. The van der Waals surface area contributed by atoms with Crippen molar-refractivity contribution in [1.82, 2.24) is 4.90 Å². The zero-order valence-corrected chi connectivity index (χ0v) is 9.50. The fourth-order valence-corrected chi connectivity index (χ4v) is 3.05. The van der Waals surface area contributed by atoms with Crippen molar-refractivity contribution in [3.63, 3.8) is 0 Å². The number of aliphatic hydroxyl groups excluding tert-OH is 1. The third kappa shape index (κ3) is 2.12. The molecule has 1 aliphatic carbocycles. The van der Waals surface area contributed by atoms with Gasteiger partial charge in [-0.1, -0.05) is 13.8 Å². The highest BCUT2D eigenvalue weighted by molar-refractivity contribution is 4.90. The fourth-order valence-electron chi connectivity index (χ4n) is 3.05. The van der Waals surface area contributed by atoms with E-state index < -0.39 is 0 Å². The van der Waals surface area contributed by atoms with Gasteiger partial charge in [0.2, 0.25) is 0 Å². The SMILES string of the molecule is CC1(C)CCC(N2CCC(CO)C2)C1. The standard InChI is InChI=1S/C12H23NO/c1-12(2)5-3-11(7-12)13-6-4-10(8-13)9-14/h10-11,14H,3-9H2,1-2H3. The van der Waals surface area contributed by atoms with Gasteiger partial charge in [-0.05, 0) is 43.6 Å². The molecule has 82 valence electrons. The monoisotopic (exact) mass is 197 g/mol. The van der Waals surface area contributed by atoms with Gasteiger partial charge in [-0.25, -0.2) is 0 Å². The van der Waals surface area contributed by atoms with Crippen LogP contribution in [0.25, 0.3) is 0 Å². The summed E-state index contributed by atoms with van der Waals surface area (Å²) in [6.45, 7) is 7.50. The Hall–Kier alpha value is -0.0800. The molecule has 0 amide bonds. The van der Waals surface area contributed by atoms with Gasteiger partial charge in [-0.3, -0.25) is 4.90 Å². The molecule has 2 heteroatoms. The lowest BCUT2D eigenvalue weighted by atomic mass is 9.91. The molecule has 0 radical (unpaired) electrons. The summed E-state index contributed by atoms with van der Waals surface area (Å²) in [5.41, 5.74) is 0.558. The van der Waals surface area contributed by atoms with Gasteiger partial charge in [-0.2, -0.15) is 0 Å². The molecule has 1 saturated carbocycles. The smallest absolute Gasteiger partial charge is 0.0471 e. The topological polar surface area (TPSA) is 23.5 Å². The average molecular weight is 197 g/mol. The lowest BCUT2D eigenvalue weighted by Gasteiger charge is -2.25. The molecule has 2 fully saturated rings. The number of nitrogens with zero attached hydrogens (tertiary/aromatic N) is 1. The Morgan fingerprint density at radius 3 is 2.64 bits per heavy atom. The van der Waals surface area contributed by atoms with Crippen molar-refractivity contribution >= 4 is 0 Å². The summed E-state index contributed by atoms with van der Waals surface area (Å²) in [4.78, 5) is 2.61. The molecule has 14 heavy (non-hydrogen) atoms. The highest BCUT2D eigenvalue weighted by Crippen LogP contribution is 2.40. The highest BCUT2D eigenvalue weighted by atomic mass is 16.3. The highest BCUT2D eigenvalue weighted by Gasteiger charge is 2.36. The van der Waals surface area contributed by atoms with Crippen LogP contribution in [0.5, 0.6) is 0 Å². The van der Waals surface area contributed by atoms with Crippen molar-refractivity contribution in [2.24, 2.45) is 11.3 Å². The Morgan fingerprint density at radius 2 is 2.14 bits per heavy atom. The van der Waals surface area contributed by atoms with Crippen LogP contribution < -0.4 is 0 Å². The number of hydrogen-bond donors (Lipinski definition) is 1. The third-order valence-corrected chi connectivity index (χ3v) is 4.03. The van der Waals surface area contributed by atoms with E-state index in [-0.39, 0.29) is 0 Å². The second-order valence-corrected chi connectivity index (χ2v) is 5.89. The first kappa shape index (κ1) is 10.4. The molecule has 2 rings (SSSR count). The largest absolute Gasteiger partial charge is 0.396 e. The number of rotatable bonds is 2. The van der Waals surface area contributed by atoms with Gasteiger partial charge in [0.05, 0.1) is 0 Å². The fraction of sp³-hybridized carbons (Fsp3) is 1.00. The summed E-state index contributed by atoms with van der Waals surface area (Å²) >= 11 is 0. The van der Waals surface area contributed by atoms with E-state index in [1.807, 2.05) is 0 Å². The first-order valence-electron chi connectivity index (χ1n) is 5.96. The summed E-state index contributed by atoms with van der Waals surface area (Å²) in [5.74, 6) is 0.554. The van der Waals surface area contributed by atoms with Crippen molar-refractivity contribution in [1.29, 1.82) is 0 Å². The third-order valence-electron chi connectivity index (χ3n) is 4.03. The second-order valence-electron chi connectivity index (χ2n) is 5.89. The van der Waals surface area contributed by atoms with Crippen LogP contribution in [0.1, 0.15) is 39.5 Å². The van der Waals surface area contributed by atoms with Crippen LogP contribution in [0.2, 0.25) is 0 Å². The van der Waals surface area contributed by atoms with E-state index in [2.05, 4.69) is 18.7 Å². The summed E-state index contributed by atoms with van der Waals surface area (Å²) < 4.78 is 0. The molecule has 2 unspecified atom stereocenters. The van der Waals surface area contributed by atoms with Gasteiger partial charge >= 0.3 is 0 Å². The zero-order valence-electron chi connectivity index (χ0n) is 9.50. The zero-order chi connectivity index (χ0) is 10.2. The minimum atomic E-state index is 0.382. The van der Waals surface area contributed by atoms with Gasteiger partial charge in [0.25, 0.3) is 0 Å². The van der Waals surface area contributed by atoms with E-state index in [4.69, 9.17) is 5.11 Å². The molecule has 1 N–H and O–H groups in total. The summed E-state index contributed by atoms with van der Waals surface area (Å²) in [7, 11) is 0. The van der Waals surface area contributed by atoms with Crippen LogP contribution >= 0.6 is 0 Å². The van der Waals surface area contributed by atoms with Gasteiger partial charge in [-0.15, -0.1) is 0 Å². The van der Waals surface area contributed by atoms with E-state index in [1.54, 1.807) is 0 Å². The molecule has 2 atom stereocenters. The lowest BCUT2D eigenvalue weighted by molar-refractivity contribution is 0.192. The molecule has 1 saturated heterocycles. The molecule has 2 nitrogen and oxygen atoms in total.